The van der Waals surface area contributed by atoms with Crippen LogP contribution >= 0.6 is 28.3 Å². The maximum atomic E-state index is 12.1. The number of carbonyl (C=O) groups is 1. The van der Waals surface area contributed by atoms with Crippen molar-refractivity contribution < 1.29 is 4.79 Å². The molecule has 112 valence electrons. The maximum Gasteiger partial charge on any atom is 0.255 e. The van der Waals surface area contributed by atoms with Crippen LogP contribution in [-0.2, 0) is 0 Å². The second-order valence-corrected chi connectivity index (χ2v) is 5.38. The van der Waals surface area contributed by atoms with E-state index in [1.165, 1.54) is 0 Å². The van der Waals surface area contributed by atoms with Gasteiger partial charge < -0.3 is 11.1 Å². The minimum absolute atomic E-state index is 0. The van der Waals surface area contributed by atoms with Gasteiger partial charge in [-0.05, 0) is 42.5 Å². The zero-order chi connectivity index (χ0) is 14.8. The molecule has 0 saturated heterocycles. The van der Waals surface area contributed by atoms with Gasteiger partial charge in [0.1, 0.15) is 0 Å². The fourth-order valence-electron chi connectivity index (χ4n) is 1.93. The standard InChI is InChI=1S/C15H11BrN4O.ClH/c16-11-3-1-9(2-4-11)14(21)19-12-5-6-13-10(7-12)8-18-15(17)20-13;/h1-8H,(H,19,21)(H2,17,18,20);1H. The quantitative estimate of drug-likeness (QED) is 0.712. The summed E-state index contributed by atoms with van der Waals surface area (Å²) >= 11 is 3.34. The highest BCUT2D eigenvalue weighted by Gasteiger charge is 2.06. The van der Waals surface area contributed by atoms with Crippen molar-refractivity contribution in [3.63, 3.8) is 0 Å². The average Bonchev–Trinajstić information content (AvgIpc) is 2.48. The summed E-state index contributed by atoms with van der Waals surface area (Å²) in [4.78, 5) is 20.2. The smallest absolute Gasteiger partial charge is 0.255 e. The van der Waals surface area contributed by atoms with Gasteiger partial charge in [0.25, 0.3) is 5.91 Å². The molecule has 7 heteroatoms. The number of rotatable bonds is 2. The Morgan fingerprint density at radius 1 is 1.14 bits per heavy atom. The molecule has 0 atom stereocenters. The molecule has 0 spiro atoms. The summed E-state index contributed by atoms with van der Waals surface area (Å²) in [5.41, 5.74) is 7.55. The summed E-state index contributed by atoms with van der Waals surface area (Å²) in [6, 6.07) is 12.5. The van der Waals surface area contributed by atoms with E-state index in [1.807, 2.05) is 18.2 Å². The summed E-state index contributed by atoms with van der Waals surface area (Å²) < 4.78 is 0.930. The maximum absolute atomic E-state index is 12.1. The van der Waals surface area contributed by atoms with Gasteiger partial charge in [0.15, 0.2) is 0 Å². The number of anilines is 2. The molecule has 0 unspecified atom stereocenters. The molecule has 3 aromatic rings. The summed E-state index contributed by atoms with van der Waals surface area (Å²) in [7, 11) is 0. The highest BCUT2D eigenvalue weighted by Crippen LogP contribution is 2.18. The van der Waals surface area contributed by atoms with E-state index in [-0.39, 0.29) is 24.3 Å². The Balaban J connectivity index is 0.00000176. The van der Waals surface area contributed by atoms with Gasteiger partial charge >= 0.3 is 0 Å². The van der Waals surface area contributed by atoms with Gasteiger partial charge in [0.2, 0.25) is 5.95 Å². The van der Waals surface area contributed by atoms with E-state index in [0.29, 0.717) is 11.3 Å². The van der Waals surface area contributed by atoms with E-state index >= 15 is 0 Å². The van der Waals surface area contributed by atoms with E-state index in [2.05, 4.69) is 31.2 Å². The lowest BCUT2D eigenvalue weighted by molar-refractivity contribution is 0.102. The summed E-state index contributed by atoms with van der Waals surface area (Å²) in [5.74, 6) is 0.0624. The summed E-state index contributed by atoms with van der Waals surface area (Å²) in [6.07, 6.45) is 1.63. The number of nitrogens with two attached hydrogens (primary N) is 1. The number of halogens is 2. The predicted octanol–water partition coefficient (Wildman–Crippen LogP) is 3.65. The second kappa shape index (κ2) is 6.72. The number of nitrogens with one attached hydrogen (secondary N) is 1. The number of carbonyl (C=O) groups excluding carboxylic acids is 1. The average molecular weight is 380 g/mol. The fraction of sp³-hybridized carbons (Fsp3) is 0. The molecule has 22 heavy (non-hydrogen) atoms. The van der Waals surface area contributed by atoms with E-state index in [9.17, 15) is 4.79 Å². The van der Waals surface area contributed by atoms with Gasteiger partial charge in [0.05, 0.1) is 5.52 Å². The van der Waals surface area contributed by atoms with Gasteiger partial charge in [-0.15, -0.1) is 12.4 Å². The first kappa shape index (κ1) is 16.2. The van der Waals surface area contributed by atoms with Gasteiger partial charge in [-0.3, -0.25) is 4.79 Å². The fourth-order valence-corrected chi connectivity index (χ4v) is 2.19. The van der Waals surface area contributed by atoms with E-state index in [4.69, 9.17) is 5.73 Å². The van der Waals surface area contributed by atoms with Crippen LogP contribution in [-0.4, -0.2) is 15.9 Å². The molecule has 0 aliphatic heterocycles. The lowest BCUT2D eigenvalue weighted by atomic mass is 10.2. The number of aromatic nitrogens is 2. The second-order valence-electron chi connectivity index (χ2n) is 4.46. The Morgan fingerprint density at radius 2 is 1.86 bits per heavy atom. The van der Waals surface area contributed by atoms with Gasteiger partial charge in [-0.1, -0.05) is 15.9 Å². The zero-order valence-electron chi connectivity index (χ0n) is 11.3. The third kappa shape index (κ3) is 3.52. The molecular formula is C15H12BrClN4O. The minimum Gasteiger partial charge on any atom is -0.368 e. The first-order valence-corrected chi connectivity index (χ1v) is 7.00. The van der Waals surface area contributed by atoms with Gasteiger partial charge in [0, 0.05) is 27.3 Å². The molecule has 1 aromatic heterocycles. The Labute approximate surface area is 141 Å². The molecular weight excluding hydrogens is 368 g/mol. The number of nitrogen functional groups attached to an aromatic ring is 1. The Bertz CT molecular complexity index is 823. The first-order valence-electron chi connectivity index (χ1n) is 6.21. The topological polar surface area (TPSA) is 80.9 Å². The number of hydrogen-bond acceptors (Lipinski definition) is 4. The Morgan fingerprint density at radius 3 is 2.59 bits per heavy atom. The molecule has 0 aliphatic carbocycles. The lowest BCUT2D eigenvalue weighted by Crippen LogP contribution is -2.11. The van der Waals surface area contributed by atoms with E-state index in [1.54, 1.807) is 30.5 Å². The molecule has 0 bridgehead atoms. The van der Waals surface area contributed by atoms with E-state index in [0.717, 1.165) is 15.4 Å². The Hall–Kier alpha value is -2.18. The largest absolute Gasteiger partial charge is 0.368 e. The number of benzene rings is 2. The van der Waals surface area contributed by atoms with Crippen molar-refractivity contribution in [1.29, 1.82) is 0 Å². The highest BCUT2D eigenvalue weighted by atomic mass is 79.9. The number of hydrogen-bond donors (Lipinski definition) is 2. The SMILES string of the molecule is Cl.Nc1ncc2cc(NC(=O)c3ccc(Br)cc3)ccc2n1. The molecule has 0 radical (unpaired) electrons. The summed E-state index contributed by atoms with van der Waals surface area (Å²) in [5, 5.41) is 3.66. The number of amides is 1. The molecule has 5 nitrogen and oxygen atoms in total. The van der Waals surface area contributed by atoms with Crippen molar-refractivity contribution in [2.24, 2.45) is 0 Å². The number of fused-ring (bicyclic) bond motifs is 1. The van der Waals surface area contributed by atoms with Crippen molar-refractivity contribution in [2.45, 2.75) is 0 Å². The van der Waals surface area contributed by atoms with Crippen LogP contribution in [0.25, 0.3) is 10.9 Å². The van der Waals surface area contributed by atoms with Crippen LogP contribution in [0, 0.1) is 0 Å². The molecule has 0 saturated carbocycles. The molecule has 0 aliphatic rings. The van der Waals surface area contributed by atoms with Crippen molar-refractivity contribution in [3.05, 3.63) is 58.7 Å². The molecule has 1 heterocycles. The molecule has 1 amide bonds. The third-order valence-electron chi connectivity index (χ3n) is 2.96. The van der Waals surface area contributed by atoms with Crippen LogP contribution in [0.15, 0.2) is 53.1 Å². The normalized spacial score (nSPS) is 10.0. The molecule has 3 N–H and O–H groups in total. The van der Waals surface area contributed by atoms with Crippen LogP contribution in [0.4, 0.5) is 11.6 Å². The predicted molar refractivity (Wildman–Crippen MR) is 93.3 cm³/mol. The van der Waals surface area contributed by atoms with Crippen molar-refractivity contribution >= 4 is 56.8 Å². The van der Waals surface area contributed by atoms with Crippen LogP contribution in [0.1, 0.15) is 10.4 Å². The van der Waals surface area contributed by atoms with Gasteiger partial charge in [-0.2, -0.15) is 0 Å². The Kier molecular flexibility index (Phi) is 4.95. The van der Waals surface area contributed by atoms with E-state index < -0.39 is 0 Å². The van der Waals surface area contributed by atoms with Crippen molar-refractivity contribution in [3.8, 4) is 0 Å². The first-order chi connectivity index (χ1) is 10.1. The van der Waals surface area contributed by atoms with Crippen LogP contribution in [0.2, 0.25) is 0 Å². The third-order valence-corrected chi connectivity index (χ3v) is 3.49. The van der Waals surface area contributed by atoms with Crippen molar-refractivity contribution in [2.75, 3.05) is 11.1 Å². The van der Waals surface area contributed by atoms with Crippen LogP contribution < -0.4 is 11.1 Å². The van der Waals surface area contributed by atoms with Crippen LogP contribution in [0.3, 0.4) is 0 Å². The molecule has 3 rings (SSSR count). The zero-order valence-corrected chi connectivity index (χ0v) is 13.7. The number of nitrogens with zero attached hydrogens (tertiary/aromatic N) is 2. The highest BCUT2D eigenvalue weighted by molar-refractivity contribution is 9.10. The minimum atomic E-state index is -0.168. The van der Waals surface area contributed by atoms with Crippen LogP contribution in [0.5, 0.6) is 0 Å². The summed E-state index contributed by atoms with van der Waals surface area (Å²) in [6.45, 7) is 0. The van der Waals surface area contributed by atoms with Crippen molar-refractivity contribution in [1.82, 2.24) is 9.97 Å². The monoisotopic (exact) mass is 378 g/mol. The van der Waals surface area contributed by atoms with Gasteiger partial charge in [-0.25, -0.2) is 9.97 Å². The molecule has 0 fully saturated rings. The lowest BCUT2D eigenvalue weighted by Gasteiger charge is -2.06. The molecule has 2 aromatic carbocycles.